The number of carbonyl (C=O) groups is 1. The number of aromatic amines is 1. The average Bonchev–Trinajstić information content (AvgIpc) is 3.33. The van der Waals surface area contributed by atoms with Gasteiger partial charge in [0.15, 0.2) is 0 Å². The predicted molar refractivity (Wildman–Crippen MR) is 96.7 cm³/mol. The Balaban J connectivity index is 1.46. The molecular formula is C19H16FN5O. The Morgan fingerprint density at radius 3 is 2.88 bits per heavy atom. The van der Waals surface area contributed by atoms with E-state index in [0.29, 0.717) is 28.2 Å². The lowest BCUT2D eigenvalue weighted by molar-refractivity contribution is 0.102. The van der Waals surface area contributed by atoms with E-state index in [4.69, 9.17) is 0 Å². The summed E-state index contributed by atoms with van der Waals surface area (Å²) in [6, 6.07) is 10.6. The van der Waals surface area contributed by atoms with Crippen molar-refractivity contribution in [1.29, 1.82) is 0 Å². The zero-order valence-corrected chi connectivity index (χ0v) is 14.1. The summed E-state index contributed by atoms with van der Waals surface area (Å²) >= 11 is 0. The number of carbonyl (C=O) groups excluding carboxylic acids is 1. The summed E-state index contributed by atoms with van der Waals surface area (Å²) in [4.78, 5) is 16.5. The van der Waals surface area contributed by atoms with E-state index < -0.39 is 6.08 Å². The van der Waals surface area contributed by atoms with Crippen LogP contribution in [0, 0.1) is 6.08 Å². The maximum atomic E-state index is 13.6. The Kier molecular flexibility index (Phi) is 3.12. The minimum Gasteiger partial charge on any atom is -0.322 e. The highest BCUT2D eigenvalue weighted by Crippen LogP contribution is 2.42. The highest BCUT2D eigenvalue weighted by Gasteiger charge is 2.27. The van der Waals surface area contributed by atoms with Crippen molar-refractivity contribution < 1.29 is 9.18 Å². The molecule has 6 nitrogen and oxygen atoms in total. The number of fused-ring (bicyclic) bond motifs is 2. The lowest BCUT2D eigenvalue weighted by Crippen LogP contribution is -2.11. The van der Waals surface area contributed by atoms with E-state index in [1.165, 1.54) is 4.57 Å². The van der Waals surface area contributed by atoms with Crippen molar-refractivity contribution >= 4 is 33.5 Å². The third-order valence-electron chi connectivity index (χ3n) is 4.92. The summed E-state index contributed by atoms with van der Waals surface area (Å²) in [7, 11) is 1.61. The number of imidazole rings is 1. The van der Waals surface area contributed by atoms with Crippen molar-refractivity contribution in [3.63, 3.8) is 0 Å². The molecule has 0 saturated heterocycles. The van der Waals surface area contributed by atoms with Crippen LogP contribution in [0.4, 0.5) is 10.1 Å². The van der Waals surface area contributed by atoms with Crippen molar-refractivity contribution in [2.75, 3.05) is 5.32 Å². The van der Waals surface area contributed by atoms with Gasteiger partial charge in [-0.15, -0.1) is 0 Å². The van der Waals surface area contributed by atoms with Gasteiger partial charge in [-0.3, -0.25) is 9.89 Å². The van der Waals surface area contributed by atoms with Gasteiger partial charge in [-0.05, 0) is 49.2 Å². The maximum Gasteiger partial charge on any atom is 0.289 e. The number of aromatic nitrogens is 4. The van der Waals surface area contributed by atoms with Crippen LogP contribution in [0.15, 0.2) is 36.4 Å². The van der Waals surface area contributed by atoms with Crippen LogP contribution in [0.3, 0.4) is 0 Å². The van der Waals surface area contributed by atoms with Gasteiger partial charge in [0.2, 0.25) is 0 Å². The molecule has 2 N–H and O–H groups in total. The van der Waals surface area contributed by atoms with Crippen molar-refractivity contribution in [1.82, 2.24) is 19.7 Å². The summed E-state index contributed by atoms with van der Waals surface area (Å²) in [6.45, 7) is 0. The van der Waals surface area contributed by atoms with Gasteiger partial charge in [-0.25, -0.2) is 4.98 Å². The van der Waals surface area contributed by atoms with Crippen LogP contribution in [0.2, 0.25) is 0 Å². The normalized spacial score (nSPS) is 14.2. The molecule has 2 heterocycles. The molecule has 0 spiro atoms. The van der Waals surface area contributed by atoms with Gasteiger partial charge in [0.1, 0.15) is 0 Å². The van der Waals surface area contributed by atoms with Crippen molar-refractivity contribution in [2.45, 2.75) is 18.8 Å². The molecule has 1 aliphatic carbocycles. The number of amides is 1. The highest BCUT2D eigenvalue weighted by molar-refractivity contribution is 6.07. The lowest BCUT2D eigenvalue weighted by Gasteiger charge is -2.06. The largest absolute Gasteiger partial charge is 0.322 e. The van der Waals surface area contributed by atoms with E-state index in [9.17, 15) is 9.18 Å². The van der Waals surface area contributed by atoms with Crippen molar-refractivity contribution in [2.24, 2.45) is 7.05 Å². The zero-order valence-electron chi connectivity index (χ0n) is 14.1. The molecule has 7 heteroatoms. The van der Waals surface area contributed by atoms with E-state index in [0.717, 1.165) is 29.4 Å². The predicted octanol–water partition coefficient (Wildman–Crippen LogP) is 3.72. The number of nitrogens with zero attached hydrogens (tertiary/aromatic N) is 3. The molecule has 2 aromatic carbocycles. The fourth-order valence-electron chi connectivity index (χ4n) is 3.31. The van der Waals surface area contributed by atoms with Gasteiger partial charge in [-0.2, -0.15) is 9.49 Å². The Morgan fingerprint density at radius 2 is 2.08 bits per heavy atom. The molecule has 0 atom stereocenters. The Bertz CT molecular complexity index is 1170. The van der Waals surface area contributed by atoms with E-state index >= 15 is 0 Å². The molecule has 0 radical (unpaired) electrons. The number of anilines is 1. The third-order valence-corrected chi connectivity index (χ3v) is 4.92. The molecule has 1 fully saturated rings. The summed E-state index contributed by atoms with van der Waals surface area (Å²) in [5, 5.41) is 11.3. The van der Waals surface area contributed by atoms with Gasteiger partial charge >= 0.3 is 0 Å². The van der Waals surface area contributed by atoms with E-state index in [-0.39, 0.29) is 5.91 Å². The molecule has 26 heavy (non-hydrogen) atoms. The molecule has 0 unspecified atom stereocenters. The fourth-order valence-corrected chi connectivity index (χ4v) is 3.31. The molecule has 0 aliphatic heterocycles. The summed E-state index contributed by atoms with van der Waals surface area (Å²) in [6.07, 6.45) is 1.77. The van der Waals surface area contributed by atoms with Gasteiger partial charge in [0, 0.05) is 35.3 Å². The molecule has 0 bridgehead atoms. The smallest absolute Gasteiger partial charge is 0.289 e. The van der Waals surface area contributed by atoms with Gasteiger partial charge < -0.3 is 9.88 Å². The van der Waals surface area contributed by atoms with Crippen molar-refractivity contribution in [3.05, 3.63) is 53.7 Å². The second-order valence-corrected chi connectivity index (χ2v) is 6.74. The molecule has 1 amide bonds. The topological polar surface area (TPSA) is 75.6 Å². The summed E-state index contributed by atoms with van der Waals surface area (Å²) in [5.74, 6) is 0.311. The number of rotatable bonds is 3. The number of nitrogens with one attached hydrogen (secondary N) is 2. The molecule has 4 aromatic rings. The van der Waals surface area contributed by atoms with Gasteiger partial charge in [0.25, 0.3) is 12.0 Å². The van der Waals surface area contributed by atoms with Crippen LogP contribution in [-0.2, 0) is 7.05 Å². The number of halogens is 1. The second-order valence-electron chi connectivity index (χ2n) is 6.74. The van der Waals surface area contributed by atoms with E-state index in [2.05, 4.69) is 20.5 Å². The standard InChI is InChI=1S/C19H16FN5O/c1-25-16-7-5-12(9-15(16)22-19(25)20)21-18(26)11-4-6-14-13(8-11)17(24-23-14)10-2-3-10/h4-10H,2-3H2,1H3,(H,21,26)(H,23,24). The van der Waals surface area contributed by atoms with E-state index in [1.807, 2.05) is 12.1 Å². The monoisotopic (exact) mass is 349 g/mol. The van der Waals surface area contributed by atoms with Crippen LogP contribution < -0.4 is 5.32 Å². The third kappa shape index (κ3) is 2.35. The lowest BCUT2D eigenvalue weighted by atomic mass is 10.1. The summed E-state index contributed by atoms with van der Waals surface area (Å²) < 4.78 is 14.9. The number of hydrogen-bond donors (Lipinski definition) is 2. The van der Waals surface area contributed by atoms with Crippen LogP contribution in [0.5, 0.6) is 0 Å². The molecule has 1 saturated carbocycles. The molecular weight excluding hydrogens is 333 g/mol. The minimum absolute atomic E-state index is 0.217. The first kappa shape index (κ1) is 15.1. The number of H-pyrrole nitrogens is 1. The maximum absolute atomic E-state index is 13.6. The number of aryl methyl sites for hydroxylation is 1. The Labute approximate surface area is 148 Å². The molecule has 1 aliphatic rings. The number of benzene rings is 2. The quantitative estimate of drug-likeness (QED) is 0.592. The van der Waals surface area contributed by atoms with Crippen LogP contribution in [0.25, 0.3) is 21.9 Å². The van der Waals surface area contributed by atoms with E-state index in [1.54, 1.807) is 31.3 Å². The second kappa shape index (κ2) is 5.39. The van der Waals surface area contributed by atoms with Gasteiger partial charge in [-0.1, -0.05) is 0 Å². The molecule has 130 valence electrons. The Hall–Kier alpha value is -3.22. The zero-order chi connectivity index (χ0) is 17.8. The minimum atomic E-state index is -0.554. The Morgan fingerprint density at radius 1 is 1.23 bits per heavy atom. The van der Waals surface area contributed by atoms with Crippen LogP contribution >= 0.6 is 0 Å². The first-order valence-corrected chi connectivity index (χ1v) is 8.51. The van der Waals surface area contributed by atoms with Crippen LogP contribution in [-0.4, -0.2) is 25.7 Å². The number of hydrogen-bond acceptors (Lipinski definition) is 3. The van der Waals surface area contributed by atoms with Gasteiger partial charge in [0.05, 0.1) is 16.6 Å². The molecule has 2 aromatic heterocycles. The first-order chi connectivity index (χ1) is 12.6. The average molecular weight is 349 g/mol. The van der Waals surface area contributed by atoms with Crippen LogP contribution in [0.1, 0.15) is 34.8 Å². The first-order valence-electron chi connectivity index (χ1n) is 8.51. The SMILES string of the molecule is Cn1c(F)nc2cc(NC(=O)c3ccc4n[nH]c(C5CC5)c4c3)ccc21. The highest BCUT2D eigenvalue weighted by atomic mass is 19.1. The molecule has 5 rings (SSSR count). The fraction of sp³-hybridized carbons (Fsp3) is 0.211. The summed E-state index contributed by atoms with van der Waals surface area (Å²) in [5.41, 5.74) is 4.30. The van der Waals surface area contributed by atoms with Crippen molar-refractivity contribution in [3.8, 4) is 0 Å².